The van der Waals surface area contributed by atoms with Crippen LogP contribution in [0.5, 0.6) is 0 Å². The summed E-state index contributed by atoms with van der Waals surface area (Å²) >= 11 is 1.78. The number of benzene rings is 1. The Morgan fingerprint density at radius 1 is 1.47 bits per heavy atom. The van der Waals surface area contributed by atoms with Crippen LogP contribution in [0.4, 0.5) is 5.69 Å². The highest BCUT2D eigenvalue weighted by Crippen LogP contribution is 2.14. The normalized spacial score (nSPS) is 10.6. The number of aryl methyl sites for hydroxylation is 1. The minimum absolute atomic E-state index is 0.280. The fourth-order valence-electron chi connectivity index (χ4n) is 1.30. The van der Waals surface area contributed by atoms with Crippen LogP contribution >= 0.6 is 11.8 Å². The third-order valence-electron chi connectivity index (χ3n) is 2.27. The number of rotatable bonds is 5. The topological polar surface area (TPSA) is 52.3 Å². The van der Waals surface area contributed by atoms with E-state index >= 15 is 0 Å². The third-order valence-corrected chi connectivity index (χ3v) is 3.34. The number of anilines is 1. The lowest BCUT2D eigenvalue weighted by molar-refractivity contribution is 0.0530. The molecule has 1 rings (SSSR count). The number of thioether (sulfide) groups is 1. The molecule has 0 atom stereocenters. The van der Waals surface area contributed by atoms with Gasteiger partial charge in [-0.25, -0.2) is 4.79 Å². The molecule has 0 spiro atoms. The van der Waals surface area contributed by atoms with Gasteiger partial charge in [-0.1, -0.05) is 13.8 Å². The zero-order valence-electron chi connectivity index (χ0n) is 10.5. The lowest BCUT2D eigenvalue weighted by Crippen LogP contribution is -2.09. The Morgan fingerprint density at radius 2 is 2.18 bits per heavy atom. The SMILES string of the molecule is Cc1cc(C(=O)OCCSC(C)C)ccc1N. The van der Waals surface area contributed by atoms with Crippen molar-refractivity contribution in [2.24, 2.45) is 0 Å². The molecule has 0 aromatic heterocycles. The lowest BCUT2D eigenvalue weighted by atomic mass is 10.1. The summed E-state index contributed by atoms with van der Waals surface area (Å²) in [4.78, 5) is 11.7. The second kappa shape index (κ2) is 6.55. The van der Waals surface area contributed by atoms with Gasteiger partial charge < -0.3 is 10.5 Å². The maximum Gasteiger partial charge on any atom is 0.338 e. The van der Waals surface area contributed by atoms with Crippen LogP contribution in [0.3, 0.4) is 0 Å². The molecule has 0 aliphatic heterocycles. The molecule has 0 unspecified atom stereocenters. The van der Waals surface area contributed by atoms with Gasteiger partial charge in [-0.2, -0.15) is 11.8 Å². The smallest absolute Gasteiger partial charge is 0.338 e. The van der Waals surface area contributed by atoms with Crippen molar-refractivity contribution in [1.82, 2.24) is 0 Å². The van der Waals surface area contributed by atoms with Gasteiger partial charge in [-0.3, -0.25) is 0 Å². The molecule has 0 saturated carbocycles. The third kappa shape index (κ3) is 4.69. The van der Waals surface area contributed by atoms with Gasteiger partial charge in [0.1, 0.15) is 6.61 Å². The summed E-state index contributed by atoms with van der Waals surface area (Å²) in [7, 11) is 0. The van der Waals surface area contributed by atoms with Crippen LogP contribution in [0.2, 0.25) is 0 Å². The molecule has 3 nitrogen and oxygen atoms in total. The predicted octanol–water partition coefficient (Wildman–Crippen LogP) is 2.88. The molecule has 0 fully saturated rings. The summed E-state index contributed by atoms with van der Waals surface area (Å²) in [6, 6.07) is 5.18. The fourth-order valence-corrected chi connectivity index (χ4v) is 1.96. The first kappa shape index (κ1) is 13.9. The Labute approximate surface area is 107 Å². The Morgan fingerprint density at radius 3 is 2.76 bits per heavy atom. The summed E-state index contributed by atoms with van der Waals surface area (Å²) in [5, 5.41) is 0.562. The van der Waals surface area contributed by atoms with Gasteiger partial charge in [0.2, 0.25) is 0 Å². The molecular formula is C13H19NO2S. The van der Waals surface area contributed by atoms with Gasteiger partial charge in [0, 0.05) is 11.4 Å². The fraction of sp³-hybridized carbons (Fsp3) is 0.462. The van der Waals surface area contributed by atoms with Crippen LogP contribution in [0.25, 0.3) is 0 Å². The van der Waals surface area contributed by atoms with Crippen molar-refractivity contribution in [2.75, 3.05) is 18.1 Å². The number of carbonyl (C=O) groups is 1. The van der Waals surface area contributed by atoms with Gasteiger partial charge in [0.05, 0.1) is 5.56 Å². The van der Waals surface area contributed by atoms with E-state index in [1.54, 1.807) is 30.0 Å². The van der Waals surface area contributed by atoms with E-state index in [4.69, 9.17) is 10.5 Å². The zero-order chi connectivity index (χ0) is 12.8. The van der Waals surface area contributed by atoms with Gasteiger partial charge >= 0.3 is 5.97 Å². The number of carbonyl (C=O) groups excluding carboxylic acids is 1. The largest absolute Gasteiger partial charge is 0.461 e. The number of hydrogen-bond acceptors (Lipinski definition) is 4. The highest BCUT2D eigenvalue weighted by molar-refractivity contribution is 7.99. The first-order valence-electron chi connectivity index (χ1n) is 5.65. The van der Waals surface area contributed by atoms with E-state index < -0.39 is 0 Å². The van der Waals surface area contributed by atoms with Crippen LogP contribution in [-0.4, -0.2) is 23.6 Å². The number of esters is 1. The molecule has 1 aromatic carbocycles. The van der Waals surface area contributed by atoms with E-state index in [0.717, 1.165) is 11.3 Å². The average molecular weight is 253 g/mol. The molecule has 0 amide bonds. The summed E-state index contributed by atoms with van der Waals surface area (Å²) < 4.78 is 5.17. The molecule has 94 valence electrons. The van der Waals surface area contributed by atoms with E-state index in [-0.39, 0.29) is 5.97 Å². The number of nitrogens with two attached hydrogens (primary N) is 1. The van der Waals surface area contributed by atoms with E-state index in [1.165, 1.54) is 0 Å². The van der Waals surface area contributed by atoms with Crippen LogP contribution in [0.15, 0.2) is 18.2 Å². The molecule has 0 heterocycles. The van der Waals surface area contributed by atoms with Crippen molar-refractivity contribution >= 4 is 23.4 Å². The summed E-state index contributed by atoms with van der Waals surface area (Å²) in [5.74, 6) is 0.551. The van der Waals surface area contributed by atoms with Crippen molar-refractivity contribution in [2.45, 2.75) is 26.0 Å². The minimum Gasteiger partial charge on any atom is -0.461 e. The number of hydrogen-bond donors (Lipinski definition) is 1. The van der Waals surface area contributed by atoms with Gasteiger partial charge in [0.25, 0.3) is 0 Å². The Balaban J connectivity index is 2.44. The summed E-state index contributed by atoms with van der Waals surface area (Å²) in [6.07, 6.45) is 0. The number of ether oxygens (including phenoxy) is 1. The van der Waals surface area contributed by atoms with Crippen molar-refractivity contribution in [3.05, 3.63) is 29.3 Å². The van der Waals surface area contributed by atoms with Gasteiger partial charge in [-0.05, 0) is 35.9 Å². The quantitative estimate of drug-likeness (QED) is 0.498. The molecule has 0 aliphatic rings. The molecule has 0 saturated heterocycles. The average Bonchev–Trinajstić information content (AvgIpc) is 2.27. The van der Waals surface area contributed by atoms with E-state index in [0.29, 0.717) is 23.1 Å². The zero-order valence-corrected chi connectivity index (χ0v) is 11.3. The van der Waals surface area contributed by atoms with Gasteiger partial charge in [0.15, 0.2) is 0 Å². The second-order valence-electron chi connectivity index (χ2n) is 4.13. The predicted molar refractivity (Wildman–Crippen MR) is 73.5 cm³/mol. The van der Waals surface area contributed by atoms with Crippen LogP contribution in [0, 0.1) is 6.92 Å². The highest BCUT2D eigenvalue weighted by atomic mass is 32.2. The van der Waals surface area contributed by atoms with E-state index in [1.807, 2.05) is 6.92 Å². The molecule has 1 aromatic rings. The van der Waals surface area contributed by atoms with Gasteiger partial charge in [-0.15, -0.1) is 0 Å². The molecule has 0 bridgehead atoms. The Hall–Kier alpha value is -1.16. The van der Waals surface area contributed by atoms with Crippen LogP contribution in [-0.2, 0) is 4.74 Å². The van der Waals surface area contributed by atoms with Crippen molar-refractivity contribution in [3.8, 4) is 0 Å². The Bertz CT molecular complexity index is 391. The summed E-state index contributed by atoms with van der Waals surface area (Å²) in [5.41, 5.74) is 7.84. The number of nitrogen functional groups attached to an aromatic ring is 1. The highest BCUT2D eigenvalue weighted by Gasteiger charge is 2.08. The monoisotopic (exact) mass is 253 g/mol. The lowest BCUT2D eigenvalue weighted by Gasteiger charge is -2.07. The van der Waals surface area contributed by atoms with E-state index in [2.05, 4.69) is 13.8 Å². The van der Waals surface area contributed by atoms with Crippen LogP contribution < -0.4 is 5.73 Å². The minimum atomic E-state index is -0.280. The molecular weight excluding hydrogens is 234 g/mol. The standard InChI is InChI=1S/C13H19NO2S/c1-9(2)17-7-6-16-13(15)11-4-5-12(14)10(3)8-11/h4-5,8-9H,6-7,14H2,1-3H3. The van der Waals surface area contributed by atoms with Crippen molar-refractivity contribution in [1.29, 1.82) is 0 Å². The molecule has 2 N–H and O–H groups in total. The maximum absolute atomic E-state index is 11.7. The van der Waals surface area contributed by atoms with Crippen molar-refractivity contribution < 1.29 is 9.53 Å². The van der Waals surface area contributed by atoms with Crippen molar-refractivity contribution in [3.63, 3.8) is 0 Å². The second-order valence-corrected chi connectivity index (χ2v) is 5.81. The molecule has 0 radical (unpaired) electrons. The summed E-state index contributed by atoms with van der Waals surface area (Å²) in [6.45, 7) is 6.57. The van der Waals surface area contributed by atoms with Crippen LogP contribution in [0.1, 0.15) is 29.8 Å². The first-order valence-corrected chi connectivity index (χ1v) is 6.70. The molecule has 4 heteroatoms. The molecule has 17 heavy (non-hydrogen) atoms. The maximum atomic E-state index is 11.7. The van der Waals surface area contributed by atoms with E-state index in [9.17, 15) is 4.79 Å². The Kier molecular flexibility index (Phi) is 5.35. The first-order chi connectivity index (χ1) is 8.00. The molecule has 0 aliphatic carbocycles.